The van der Waals surface area contributed by atoms with E-state index < -0.39 is 15.8 Å². The van der Waals surface area contributed by atoms with E-state index in [4.69, 9.17) is 0 Å². The fourth-order valence-corrected chi connectivity index (χ4v) is 4.48. The molecule has 0 saturated carbocycles. The molecule has 1 aliphatic heterocycles. The van der Waals surface area contributed by atoms with Crippen molar-refractivity contribution >= 4 is 32.4 Å². The number of sulfonamides is 1. The summed E-state index contributed by atoms with van der Waals surface area (Å²) in [6, 6.07) is 4.76. The van der Waals surface area contributed by atoms with Gasteiger partial charge < -0.3 is 10.2 Å². The number of carbonyl (C=O) groups is 1. The second-order valence-corrected chi connectivity index (χ2v) is 8.56. The number of amides is 1. The summed E-state index contributed by atoms with van der Waals surface area (Å²) in [6.45, 7) is 1.46. The molecule has 2 N–H and O–H groups in total. The van der Waals surface area contributed by atoms with E-state index in [9.17, 15) is 17.6 Å². The molecule has 2 aromatic rings. The number of rotatable bonds is 7. The van der Waals surface area contributed by atoms with Gasteiger partial charge in [0, 0.05) is 43.7 Å². The predicted molar refractivity (Wildman–Crippen MR) is 97.1 cm³/mol. The second-order valence-electron chi connectivity index (χ2n) is 5.92. The average molecular weight is 398 g/mol. The number of nitrogens with zero attached hydrogens (tertiary/aromatic N) is 2. The highest BCUT2D eigenvalue weighted by molar-refractivity contribution is 7.89. The van der Waals surface area contributed by atoms with Gasteiger partial charge in [0.25, 0.3) is 0 Å². The van der Waals surface area contributed by atoms with Gasteiger partial charge in [-0.05, 0) is 24.6 Å². The number of carbonyl (C=O) groups excluding carboxylic acids is 1. The third-order valence-electron chi connectivity index (χ3n) is 3.99. The van der Waals surface area contributed by atoms with Crippen LogP contribution in [0.3, 0.4) is 0 Å². The number of benzene rings is 1. The zero-order valence-electron chi connectivity index (χ0n) is 13.9. The summed E-state index contributed by atoms with van der Waals surface area (Å²) < 4.78 is 39.6. The van der Waals surface area contributed by atoms with Crippen molar-refractivity contribution in [3.05, 3.63) is 41.7 Å². The minimum atomic E-state index is -3.83. The highest BCUT2D eigenvalue weighted by atomic mass is 32.2. The Hall–Kier alpha value is -2.04. The minimum absolute atomic E-state index is 0.0162. The van der Waals surface area contributed by atoms with Crippen LogP contribution in [-0.4, -0.2) is 45.0 Å². The number of hydrogen-bond acceptors (Lipinski definition) is 6. The first kappa shape index (κ1) is 18.7. The second kappa shape index (κ2) is 8.11. The van der Waals surface area contributed by atoms with E-state index >= 15 is 0 Å². The summed E-state index contributed by atoms with van der Waals surface area (Å²) in [5.41, 5.74) is 0. The van der Waals surface area contributed by atoms with Gasteiger partial charge in [0.1, 0.15) is 5.82 Å². The molecule has 0 radical (unpaired) electrons. The molecule has 1 amide bonds. The molecule has 1 fully saturated rings. The average Bonchev–Trinajstić information content (AvgIpc) is 3.26. The van der Waals surface area contributed by atoms with E-state index in [1.54, 1.807) is 17.5 Å². The van der Waals surface area contributed by atoms with Crippen LogP contribution in [0, 0.1) is 5.82 Å². The Labute approximate surface area is 155 Å². The van der Waals surface area contributed by atoms with Gasteiger partial charge in [0.15, 0.2) is 5.13 Å². The molecule has 0 spiro atoms. The number of halogens is 1. The van der Waals surface area contributed by atoms with Gasteiger partial charge in [0.2, 0.25) is 15.9 Å². The Morgan fingerprint density at radius 1 is 1.42 bits per heavy atom. The molecular formula is C16H19FN4O3S2. The van der Waals surface area contributed by atoms with Crippen LogP contribution in [-0.2, 0) is 14.8 Å². The molecule has 140 valence electrons. The van der Waals surface area contributed by atoms with Gasteiger partial charge >= 0.3 is 0 Å². The molecule has 2 heterocycles. The largest absolute Gasteiger partial charge is 0.351 e. The van der Waals surface area contributed by atoms with Crippen LogP contribution in [0.15, 0.2) is 40.7 Å². The van der Waals surface area contributed by atoms with Crippen LogP contribution in [0.2, 0.25) is 0 Å². The number of thiazole rings is 1. The van der Waals surface area contributed by atoms with Gasteiger partial charge in [-0.3, -0.25) is 4.79 Å². The monoisotopic (exact) mass is 398 g/mol. The molecule has 0 aliphatic carbocycles. The van der Waals surface area contributed by atoms with Crippen molar-refractivity contribution in [2.75, 3.05) is 24.5 Å². The topological polar surface area (TPSA) is 91.4 Å². The van der Waals surface area contributed by atoms with E-state index in [1.807, 2.05) is 5.38 Å². The first-order valence-corrected chi connectivity index (χ1v) is 10.5. The summed E-state index contributed by atoms with van der Waals surface area (Å²) in [5.74, 6) is -0.852. The Kier molecular flexibility index (Phi) is 5.84. The zero-order chi connectivity index (χ0) is 18.6. The van der Waals surface area contributed by atoms with Crippen LogP contribution in [0.25, 0.3) is 0 Å². The third kappa shape index (κ3) is 4.77. The molecule has 7 nitrogen and oxygen atoms in total. The van der Waals surface area contributed by atoms with E-state index in [1.165, 1.54) is 18.2 Å². The van der Waals surface area contributed by atoms with Crippen molar-refractivity contribution in [1.29, 1.82) is 0 Å². The zero-order valence-corrected chi connectivity index (χ0v) is 15.5. The highest BCUT2D eigenvalue weighted by Crippen LogP contribution is 2.22. The van der Waals surface area contributed by atoms with Crippen LogP contribution in [0.4, 0.5) is 9.52 Å². The van der Waals surface area contributed by atoms with E-state index in [0.29, 0.717) is 6.54 Å². The lowest BCUT2D eigenvalue weighted by Gasteiger charge is -2.16. The molecule has 1 aromatic heterocycles. The lowest BCUT2D eigenvalue weighted by Crippen LogP contribution is -2.38. The molecule has 10 heteroatoms. The van der Waals surface area contributed by atoms with E-state index in [2.05, 4.69) is 19.9 Å². The van der Waals surface area contributed by atoms with Crippen molar-refractivity contribution in [1.82, 2.24) is 15.0 Å². The van der Waals surface area contributed by atoms with Crippen LogP contribution in [0.5, 0.6) is 0 Å². The van der Waals surface area contributed by atoms with Gasteiger partial charge in [0.05, 0.1) is 4.90 Å². The maximum absolute atomic E-state index is 13.1. The van der Waals surface area contributed by atoms with Crippen molar-refractivity contribution in [2.45, 2.75) is 23.8 Å². The number of aromatic nitrogens is 1. The molecule has 1 aromatic carbocycles. The molecule has 1 saturated heterocycles. The first-order valence-electron chi connectivity index (χ1n) is 8.13. The van der Waals surface area contributed by atoms with Crippen LogP contribution >= 0.6 is 11.3 Å². The van der Waals surface area contributed by atoms with E-state index in [0.717, 1.165) is 24.2 Å². The highest BCUT2D eigenvalue weighted by Gasteiger charge is 2.25. The Bertz CT molecular complexity index is 858. The molecular weight excluding hydrogens is 379 g/mol. The maximum atomic E-state index is 13.1. The van der Waals surface area contributed by atoms with E-state index in [-0.39, 0.29) is 29.8 Å². The summed E-state index contributed by atoms with van der Waals surface area (Å²) in [4.78, 5) is 18.2. The molecule has 1 unspecified atom stereocenters. The third-order valence-corrected chi connectivity index (χ3v) is 6.28. The Balaban J connectivity index is 1.43. The lowest BCUT2D eigenvalue weighted by molar-refractivity contribution is -0.121. The first-order chi connectivity index (χ1) is 12.4. The Morgan fingerprint density at radius 3 is 3.00 bits per heavy atom. The van der Waals surface area contributed by atoms with Gasteiger partial charge in [-0.1, -0.05) is 6.07 Å². The molecule has 3 rings (SSSR count). The fourth-order valence-electron chi connectivity index (χ4n) is 2.74. The number of hydrogen-bond donors (Lipinski definition) is 2. The fraction of sp³-hybridized carbons (Fsp3) is 0.375. The molecule has 0 bridgehead atoms. The summed E-state index contributed by atoms with van der Waals surface area (Å²) in [7, 11) is -3.83. The summed E-state index contributed by atoms with van der Waals surface area (Å²) in [6.07, 6.45) is 2.58. The van der Waals surface area contributed by atoms with Crippen LogP contribution < -0.4 is 14.9 Å². The van der Waals surface area contributed by atoms with Crippen molar-refractivity contribution in [3.8, 4) is 0 Å². The van der Waals surface area contributed by atoms with Gasteiger partial charge in [-0.2, -0.15) is 0 Å². The Morgan fingerprint density at radius 2 is 2.27 bits per heavy atom. The maximum Gasteiger partial charge on any atom is 0.240 e. The predicted octanol–water partition coefficient (Wildman–Crippen LogP) is 1.35. The van der Waals surface area contributed by atoms with Gasteiger partial charge in [-0.25, -0.2) is 22.5 Å². The van der Waals surface area contributed by atoms with Crippen molar-refractivity contribution in [3.63, 3.8) is 0 Å². The quantitative estimate of drug-likeness (QED) is 0.735. The minimum Gasteiger partial charge on any atom is -0.351 e. The summed E-state index contributed by atoms with van der Waals surface area (Å²) >= 11 is 1.56. The van der Waals surface area contributed by atoms with Crippen molar-refractivity contribution in [2.24, 2.45) is 0 Å². The molecule has 1 aliphatic rings. The lowest BCUT2D eigenvalue weighted by atomic mass is 10.2. The molecule has 26 heavy (non-hydrogen) atoms. The van der Waals surface area contributed by atoms with Gasteiger partial charge in [-0.15, -0.1) is 11.3 Å². The smallest absolute Gasteiger partial charge is 0.240 e. The standard InChI is InChI=1S/C16H19FN4O3S2/c17-12-2-1-3-14(10-12)26(23,24)19-6-4-15(22)20-13-5-8-21(11-13)16-18-7-9-25-16/h1-3,7,9-10,13,19H,4-6,8,11H2,(H,20,22). The summed E-state index contributed by atoms with van der Waals surface area (Å²) in [5, 5.41) is 5.75. The normalized spacial score (nSPS) is 17.4. The molecule has 1 atom stereocenters. The SMILES string of the molecule is O=C(CCNS(=O)(=O)c1cccc(F)c1)NC1CCN(c2nccs2)C1. The number of anilines is 1. The number of nitrogens with one attached hydrogen (secondary N) is 2. The van der Waals surface area contributed by atoms with Crippen LogP contribution in [0.1, 0.15) is 12.8 Å². The van der Waals surface area contributed by atoms with Crippen molar-refractivity contribution < 1.29 is 17.6 Å².